The van der Waals surface area contributed by atoms with E-state index in [0.717, 1.165) is 6.42 Å². The molecule has 44 valence electrons. The Morgan fingerprint density at radius 1 is 1.12 bits per heavy atom. The molecule has 0 aromatic carbocycles. The van der Waals surface area contributed by atoms with Gasteiger partial charge in [0.15, 0.2) is 0 Å². The normalized spacial score (nSPS) is 12.8. The summed E-state index contributed by atoms with van der Waals surface area (Å²) in [7, 11) is 0. The van der Waals surface area contributed by atoms with Crippen LogP contribution in [0.4, 0.5) is 0 Å². The van der Waals surface area contributed by atoms with Gasteiger partial charge in [0, 0.05) is 0 Å². The van der Waals surface area contributed by atoms with Crippen LogP contribution in [0.2, 0.25) is 11.6 Å². The minimum atomic E-state index is 0.417. The molecule has 1 rings (SSSR count). The van der Waals surface area contributed by atoms with Gasteiger partial charge in [-0.25, -0.2) is 0 Å². The first kappa shape index (κ1) is 8.01. The molecule has 0 aromatic heterocycles. The number of hydrogen-bond acceptors (Lipinski definition) is 0. The van der Waals surface area contributed by atoms with Gasteiger partial charge in [-0.05, 0) is 6.42 Å². The molecule has 0 N–H and O–H groups in total. The van der Waals surface area contributed by atoms with Crippen molar-refractivity contribution in [3.63, 3.8) is 0 Å². The fourth-order valence-corrected chi connectivity index (χ4v) is 0.393. The third-order valence-corrected chi connectivity index (χ3v) is 0.655. The first-order valence-electron chi connectivity index (χ1n) is 3.23. The van der Waals surface area contributed by atoms with E-state index in [4.69, 9.17) is 0 Å². The van der Waals surface area contributed by atoms with E-state index >= 15 is 0 Å². The van der Waals surface area contributed by atoms with E-state index in [9.17, 15) is 0 Å². The fourth-order valence-electron chi connectivity index (χ4n) is 0.393. The molecule has 0 bridgehead atoms. The molecular weight excluding hydrogens is 111 g/mol. The largest absolute Gasteiger partial charge is 0.229 e. The van der Waals surface area contributed by atoms with Crippen molar-refractivity contribution in [2.24, 2.45) is 0 Å². The van der Waals surface area contributed by atoms with Crippen molar-refractivity contribution >= 4 is 15.2 Å². The average molecular weight is 124 g/mol. The molecule has 0 atom stereocenters. The van der Waals surface area contributed by atoms with Gasteiger partial charge >= 0.3 is 0 Å². The molecule has 8 heavy (non-hydrogen) atoms. The molecular formula is C7H13Al. The van der Waals surface area contributed by atoms with E-state index in [1.165, 1.54) is 0 Å². The lowest BCUT2D eigenvalue weighted by Crippen LogP contribution is -1.53. The van der Waals surface area contributed by atoms with Crippen LogP contribution in [0.25, 0.3) is 0 Å². The summed E-state index contributed by atoms with van der Waals surface area (Å²) in [6, 6.07) is 0. The highest BCUT2D eigenvalue weighted by atomic mass is 27.1. The first-order chi connectivity index (χ1) is 3.91. The van der Waals surface area contributed by atoms with Crippen LogP contribution in [0.3, 0.4) is 0 Å². The van der Waals surface area contributed by atoms with E-state index < -0.39 is 0 Å². The van der Waals surface area contributed by atoms with Crippen molar-refractivity contribution < 1.29 is 0 Å². The zero-order valence-electron chi connectivity index (χ0n) is 5.72. The molecule has 0 fully saturated rings. The highest BCUT2D eigenvalue weighted by molar-refractivity contribution is 6.31. The van der Waals surface area contributed by atoms with E-state index in [-0.39, 0.29) is 0 Å². The van der Waals surface area contributed by atoms with Gasteiger partial charge in [0.25, 0.3) is 0 Å². The molecule has 0 aliphatic heterocycles. The van der Waals surface area contributed by atoms with Crippen LogP contribution < -0.4 is 0 Å². The molecule has 0 radical (unpaired) electrons. The van der Waals surface area contributed by atoms with Gasteiger partial charge in [-0.3, -0.25) is 0 Å². The summed E-state index contributed by atoms with van der Waals surface area (Å²) in [5.74, 6) is 4.53. The van der Waals surface area contributed by atoms with Crippen molar-refractivity contribution in [1.29, 1.82) is 0 Å². The Balaban J connectivity index is 0.000000145. The minimum Gasteiger partial charge on any atom is -0.109 e. The summed E-state index contributed by atoms with van der Waals surface area (Å²) < 4.78 is 0. The Kier molecular flexibility index (Phi) is 7.02. The van der Waals surface area contributed by atoms with E-state index in [0.29, 0.717) is 15.2 Å². The fraction of sp³-hybridized carbons (Fsp3) is 0.429. The van der Waals surface area contributed by atoms with Crippen molar-refractivity contribution in [2.75, 3.05) is 0 Å². The van der Waals surface area contributed by atoms with Gasteiger partial charge < -0.3 is 0 Å². The van der Waals surface area contributed by atoms with Crippen molar-refractivity contribution in [3.8, 4) is 0 Å². The third kappa shape index (κ3) is 6.01. The number of allylic oxidation sites excluding steroid dienone is 4. The molecule has 0 saturated carbocycles. The molecule has 0 saturated heterocycles. The van der Waals surface area contributed by atoms with Gasteiger partial charge in [-0.1, -0.05) is 24.3 Å². The van der Waals surface area contributed by atoms with Crippen molar-refractivity contribution in [1.82, 2.24) is 0 Å². The predicted molar refractivity (Wildman–Crippen MR) is 41.8 cm³/mol. The first-order valence-corrected chi connectivity index (χ1v) is 6.06. The van der Waals surface area contributed by atoms with Crippen LogP contribution in [0, 0.1) is 0 Å². The predicted octanol–water partition coefficient (Wildman–Crippen LogP) is 2.02. The molecule has 0 nitrogen and oxygen atoms in total. The molecule has 1 aliphatic rings. The van der Waals surface area contributed by atoms with Crippen molar-refractivity contribution in [2.45, 2.75) is 18.0 Å². The number of hydrogen-bond donors (Lipinski definition) is 0. The van der Waals surface area contributed by atoms with Crippen molar-refractivity contribution in [3.05, 3.63) is 24.3 Å². The van der Waals surface area contributed by atoms with Crippen LogP contribution in [-0.4, -0.2) is 15.2 Å². The van der Waals surface area contributed by atoms with Gasteiger partial charge in [0.1, 0.15) is 0 Å². The molecule has 1 aliphatic carbocycles. The quantitative estimate of drug-likeness (QED) is 0.433. The Bertz CT molecular complexity index is 72.4. The monoisotopic (exact) mass is 124 g/mol. The zero-order valence-corrected chi connectivity index (χ0v) is 7.14. The number of rotatable bonds is 0. The topological polar surface area (TPSA) is 0 Å². The van der Waals surface area contributed by atoms with Crippen LogP contribution >= 0.6 is 0 Å². The summed E-state index contributed by atoms with van der Waals surface area (Å²) in [6.45, 7) is 0. The SMILES string of the molecule is C1=CCC=C1.[CH3][AlH][CH3]. The summed E-state index contributed by atoms with van der Waals surface area (Å²) in [6.07, 6.45) is 9.50. The maximum Gasteiger partial charge on any atom is 0.229 e. The van der Waals surface area contributed by atoms with E-state index in [1.54, 1.807) is 0 Å². The summed E-state index contributed by atoms with van der Waals surface area (Å²) in [5.41, 5.74) is 0. The van der Waals surface area contributed by atoms with Crippen LogP contribution in [0.15, 0.2) is 24.3 Å². The van der Waals surface area contributed by atoms with Crippen LogP contribution in [0.5, 0.6) is 0 Å². The molecule has 1 heteroatoms. The lowest BCUT2D eigenvalue weighted by atomic mass is 10.5. The Morgan fingerprint density at radius 3 is 1.62 bits per heavy atom. The lowest BCUT2D eigenvalue weighted by molar-refractivity contribution is 1.45. The standard InChI is InChI=1S/C5H6.2CH3.Al.H/c1-2-4-5-3-1;;;;/h1-4H,5H2;2*1H3;;. The van der Waals surface area contributed by atoms with Gasteiger partial charge in [-0.2, -0.15) is 0 Å². The Hall–Kier alpha value is 0.0125. The molecule has 0 heterocycles. The Labute approximate surface area is 58.0 Å². The lowest BCUT2D eigenvalue weighted by Gasteiger charge is -1.57. The van der Waals surface area contributed by atoms with Gasteiger partial charge in [-0.15, -0.1) is 11.6 Å². The maximum absolute atomic E-state index is 2.26. The van der Waals surface area contributed by atoms with Crippen LogP contribution in [0.1, 0.15) is 6.42 Å². The van der Waals surface area contributed by atoms with E-state index in [2.05, 4.69) is 35.9 Å². The summed E-state index contributed by atoms with van der Waals surface area (Å²) >= 11 is 0.417. The van der Waals surface area contributed by atoms with Gasteiger partial charge in [0.05, 0.1) is 0 Å². The molecule has 0 amide bonds. The average Bonchev–Trinajstić information content (AvgIpc) is 2.17. The highest BCUT2D eigenvalue weighted by Gasteiger charge is 1.72. The summed E-state index contributed by atoms with van der Waals surface area (Å²) in [4.78, 5) is 0. The second kappa shape index (κ2) is 7.01. The molecule has 0 spiro atoms. The Morgan fingerprint density at radius 2 is 1.50 bits per heavy atom. The maximum atomic E-state index is 2.26. The smallest absolute Gasteiger partial charge is 0.109 e. The molecule has 0 unspecified atom stereocenters. The third-order valence-electron chi connectivity index (χ3n) is 0.655. The summed E-state index contributed by atoms with van der Waals surface area (Å²) in [5, 5.41) is 0. The second-order valence-electron chi connectivity index (χ2n) is 1.80. The minimum absolute atomic E-state index is 0.417. The zero-order chi connectivity index (χ0) is 6.24. The highest BCUT2D eigenvalue weighted by Crippen LogP contribution is 1.93. The van der Waals surface area contributed by atoms with Crippen LogP contribution in [-0.2, 0) is 0 Å². The second-order valence-corrected chi connectivity index (χ2v) is 3.21. The van der Waals surface area contributed by atoms with Gasteiger partial charge in [0.2, 0.25) is 15.2 Å². The van der Waals surface area contributed by atoms with E-state index in [1.807, 2.05) is 0 Å². The molecule has 0 aromatic rings.